The zero-order valence-electron chi connectivity index (χ0n) is 15.1. The summed E-state index contributed by atoms with van der Waals surface area (Å²) in [5, 5.41) is 8.66. The summed E-state index contributed by atoms with van der Waals surface area (Å²) in [6.45, 7) is 2.32. The number of carbonyl (C=O) groups is 1. The van der Waals surface area contributed by atoms with Crippen LogP contribution < -0.4 is 16.0 Å². The summed E-state index contributed by atoms with van der Waals surface area (Å²) in [5.74, 6) is -0.0353. The maximum absolute atomic E-state index is 12.0. The van der Waals surface area contributed by atoms with E-state index in [-0.39, 0.29) is 17.9 Å². The molecule has 27 heavy (non-hydrogen) atoms. The van der Waals surface area contributed by atoms with Crippen molar-refractivity contribution in [1.29, 1.82) is 0 Å². The van der Waals surface area contributed by atoms with E-state index in [9.17, 15) is 14.4 Å². The predicted octanol–water partition coefficient (Wildman–Crippen LogP) is 1.45. The highest BCUT2D eigenvalue weighted by Gasteiger charge is 2.19. The van der Waals surface area contributed by atoms with Crippen LogP contribution in [0.25, 0.3) is 22.6 Å². The Morgan fingerprint density at radius 3 is 2.74 bits per heavy atom. The topological polar surface area (TPSA) is 127 Å². The fourth-order valence-corrected chi connectivity index (χ4v) is 2.99. The van der Waals surface area contributed by atoms with Gasteiger partial charge < -0.3 is 14.4 Å². The predicted molar refractivity (Wildman–Crippen MR) is 98.4 cm³/mol. The van der Waals surface area contributed by atoms with Gasteiger partial charge in [0, 0.05) is 13.5 Å². The summed E-state index contributed by atoms with van der Waals surface area (Å²) in [5.41, 5.74) is 0.907. The van der Waals surface area contributed by atoms with Crippen LogP contribution in [0.3, 0.4) is 0 Å². The molecule has 0 fully saturated rings. The molecule has 3 rings (SSSR count). The number of hydrogen-bond donors (Lipinski definition) is 2. The lowest BCUT2D eigenvalue weighted by atomic mass is 10.1. The first kappa shape index (κ1) is 18.6. The minimum Gasteiger partial charge on any atom is -0.491 e. The number of H-pyrrole nitrogens is 1. The molecule has 0 aliphatic carbocycles. The molecule has 0 amide bonds. The zero-order valence-corrected chi connectivity index (χ0v) is 15.1. The second-order valence-corrected chi connectivity index (χ2v) is 6.40. The second-order valence-electron chi connectivity index (χ2n) is 6.40. The van der Waals surface area contributed by atoms with E-state index in [0.717, 1.165) is 18.4 Å². The first-order valence-corrected chi connectivity index (χ1v) is 8.63. The Balaban J connectivity index is 1.95. The highest BCUT2D eigenvalue weighted by atomic mass is 16.5. The summed E-state index contributed by atoms with van der Waals surface area (Å²) in [6.07, 6.45) is 2.22. The Kier molecular flexibility index (Phi) is 5.20. The third kappa shape index (κ3) is 3.97. The van der Waals surface area contributed by atoms with Gasteiger partial charge in [0.25, 0.3) is 5.56 Å². The molecule has 2 heterocycles. The van der Waals surface area contributed by atoms with E-state index < -0.39 is 17.2 Å². The van der Waals surface area contributed by atoms with Gasteiger partial charge >= 0.3 is 11.7 Å². The SMILES string of the molecule is Cc1cc(OCCCCCC(=O)O)c2c(c1)nc1c(=O)[nH]c(=O)nc-1n2C. The molecule has 9 heteroatoms. The maximum Gasteiger partial charge on any atom is 0.349 e. The van der Waals surface area contributed by atoms with Crippen molar-refractivity contribution in [1.82, 2.24) is 19.5 Å². The average molecular weight is 372 g/mol. The quantitative estimate of drug-likeness (QED) is 0.475. The van der Waals surface area contributed by atoms with Crippen LogP contribution in [-0.2, 0) is 11.8 Å². The molecule has 142 valence electrons. The maximum atomic E-state index is 12.0. The zero-order chi connectivity index (χ0) is 19.6. The number of aliphatic carboxylic acids is 1. The number of fused-ring (bicyclic) bond motifs is 2. The molecule has 9 nitrogen and oxygen atoms in total. The Labute approximate surface area is 154 Å². The standard InChI is InChI=1S/C18H20N4O5/c1-10-8-11-15(12(9-10)27-7-5-3-4-6-13(23)24)22(2)16-14(19-11)17(25)21-18(26)20-16/h8-9H,3-7H2,1-2H3,(H,23,24)(H,21,25,26). The second kappa shape index (κ2) is 7.56. The molecule has 0 saturated heterocycles. The summed E-state index contributed by atoms with van der Waals surface area (Å²) in [4.78, 5) is 44.5. The van der Waals surface area contributed by atoms with Crippen LogP contribution in [0.2, 0.25) is 0 Å². The molecule has 0 saturated carbocycles. The molecule has 2 N–H and O–H groups in total. The van der Waals surface area contributed by atoms with E-state index in [4.69, 9.17) is 9.84 Å². The van der Waals surface area contributed by atoms with Gasteiger partial charge in [0.15, 0.2) is 11.5 Å². The monoisotopic (exact) mass is 372 g/mol. The smallest absolute Gasteiger partial charge is 0.349 e. The lowest BCUT2D eigenvalue weighted by Crippen LogP contribution is -2.28. The van der Waals surface area contributed by atoms with Crippen molar-refractivity contribution in [2.75, 3.05) is 6.61 Å². The number of rotatable bonds is 7. The third-order valence-electron chi connectivity index (χ3n) is 4.23. The molecule has 2 aliphatic heterocycles. The number of nitrogens with one attached hydrogen (secondary N) is 1. The van der Waals surface area contributed by atoms with Gasteiger partial charge in [-0.05, 0) is 43.9 Å². The van der Waals surface area contributed by atoms with Crippen LogP contribution >= 0.6 is 0 Å². The number of hydrogen-bond acceptors (Lipinski definition) is 6. The number of aromatic amines is 1. The first-order valence-electron chi connectivity index (χ1n) is 8.63. The van der Waals surface area contributed by atoms with Crippen molar-refractivity contribution < 1.29 is 14.6 Å². The number of carboxylic acids is 1. The number of benzene rings is 1. The number of nitrogens with zero attached hydrogens (tertiary/aromatic N) is 3. The van der Waals surface area contributed by atoms with E-state index in [1.807, 2.05) is 19.1 Å². The van der Waals surface area contributed by atoms with Crippen molar-refractivity contribution >= 4 is 17.0 Å². The molecule has 0 radical (unpaired) electrons. The summed E-state index contributed by atoms with van der Waals surface area (Å²) < 4.78 is 7.53. The van der Waals surface area contributed by atoms with Gasteiger partial charge in [-0.3, -0.25) is 14.6 Å². The molecule has 2 aliphatic rings. The minimum atomic E-state index is -0.800. The fraction of sp³-hybridized carbons (Fsp3) is 0.389. The van der Waals surface area contributed by atoms with Gasteiger partial charge in [0.1, 0.15) is 11.3 Å². The van der Waals surface area contributed by atoms with Crippen LogP contribution in [-0.4, -0.2) is 37.2 Å². The highest BCUT2D eigenvalue weighted by Crippen LogP contribution is 2.29. The molecular formula is C18H20N4O5. The Hall–Kier alpha value is -3.23. The molecule has 0 bridgehead atoms. The fourth-order valence-electron chi connectivity index (χ4n) is 2.99. The van der Waals surface area contributed by atoms with Crippen LogP contribution in [0.4, 0.5) is 0 Å². The average Bonchev–Trinajstić information content (AvgIpc) is 2.58. The summed E-state index contributed by atoms with van der Waals surface area (Å²) in [6, 6.07) is 3.69. The number of aromatic nitrogens is 4. The van der Waals surface area contributed by atoms with Gasteiger partial charge in [-0.25, -0.2) is 9.78 Å². The minimum absolute atomic E-state index is 0.0924. The van der Waals surface area contributed by atoms with E-state index in [2.05, 4.69) is 15.0 Å². The lowest BCUT2D eigenvalue weighted by molar-refractivity contribution is -0.137. The van der Waals surface area contributed by atoms with Gasteiger partial charge in [-0.15, -0.1) is 0 Å². The van der Waals surface area contributed by atoms with Gasteiger partial charge in [0.2, 0.25) is 0 Å². The van der Waals surface area contributed by atoms with Gasteiger partial charge in [-0.2, -0.15) is 4.98 Å². The normalized spacial score (nSPS) is 11.2. The molecule has 0 unspecified atom stereocenters. The Bertz CT molecular complexity index is 1090. The first-order chi connectivity index (χ1) is 12.9. The van der Waals surface area contributed by atoms with Crippen LogP contribution in [0.15, 0.2) is 21.7 Å². The van der Waals surface area contributed by atoms with E-state index >= 15 is 0 Å². The Morgan fingerprint density at radius 1 is 1.22 bits per heavy atom. The van der Waals surface area contributed by atoms with Crippen LogP contribution in [0.5, 0.6) is 5.75 Å². The van der Waals surface area contributed by atoms with Gasteiger partial charge in [-0.1, -0.05) is 0 Å². The largest absolute Gasteiger partial charge is 0.491 e. The number of carboxylic acid groups (broad SMARTS) is 1. The molecule has 1 aromatic carbocycles. The lowest BCUT2D eigenvalue weighted by Gasteiger charge is -2.16. The molecule has 0 atom stereocenters. The number of aryl methyl sites for hydroxylation is 2. The van der Waals surface area contributed by atoms with Crippen molar-refractivity contribution in [2.45, 2.75) is 32.6 Å². The molecular weight excluding hydrogens is 352 g/mol. The molecule has 0 spiro atoms. The van der Waals surface area contributed by atoms with Crippen molar-refractivity contribution in [3.63, 3.8) is 0 Å². The molecule has 0 aromatic heterocycles. The van der Waals surface area contributed by atoms with Gasteiger partial charge in [0.05, 0.1) is 12.1 Å². The van der Waals surface area contributed by atoms with Crippen molar-refractivity contribution in [3.8, 4) is 17.3 Å². The van der Waals surface area contributed by atoms with E-state index in [1.165, 1.54) is 0 Å². The van der Waals surface area contributed by atoms with E-state index in [0.29, 0.717) is 29.8 Å². The Morgan fingerprint density at radius 2 is 2.00 bits per heavy atom. The van der Waals surface area contributed by atoms with Crippen LogP contribution in [0, 0.1) is 6.92 Å². The van der Waals surface area contributed by atoms with E-state index in [1.54, 1.807) is 11.6 Å². The van der Waals surface area contributed by atoms with Crippen LogP contribution in [0.1, 0.15) is 31.2 Å². The summed E-state index contributed by atoms with van der Waals surface area (Å²) in [7, 11) is 1.70. The third-order valence-corrected chi connectivity index (χ3v) is 4.23. The highest BCUT2D eigenvalue weighted by molar-refractivity contribution is 5.85. The number of unbranched alkanes of at least 4 members (excludes halogenated alkanes) is 2. The number of ether oxygens (including phenoxy) is 1. The van der Waals surface area contributed by atoms with Crippen molar-refractivity contribution in [3.05, 3.63) is 38.5 Å². The van der Waals surface area contributed by atoms with Crippen molar-refractivity contribution in [2.24, 2.45) is 7.05 Å². The molecule has 1 aromatic rings. The summed E-state index contributed by atoms with van der Waals surface area (Å²) >= 11 is 0.